The molecule has 1 fully saturated rings. The van der Waals surface area contributed by atoms with Gasteiger partial charge in [-0.05, 0) is 13.0 Å². The van der Waals surface area contributed by atoms with E-state index < -0.39 is 0 Å². The molecule has 1 saturated heterocycles. The Morgan fingerprint density at radius 3 is 2.93 bits per heavy atom. The summed E-state index contributed by atoms with van der Waals surface area (Å²) >= 11 is 3.55. The molecule has 14 heavy (non-hydrogen) atoms. The van der Waals surface area contributed by atoms with Crippen LogP contribution in [0.4, 0.5) is 0 Å². The van der Waals surface area contributed by atoms with Gasteiger partial charge in [0.15, 0.2) is 0 Å². The van der Waals surface area contributed by atoms with Gasteiger partial charge in [0.2, 0.25) is 0 Å². The molecule has 0 aliphatic carbocycles. The molecule has 84 valence electrons. The van der Waals surface area contributed by atoms with Crippen LogP contribution < -0.4 is 0 Å². The van der Waals surface area contributed by atoms with E-state index in [9.17, 15) is 0 Å². The Labute approximate surface area is 96.1 Å². The fourth-order valence-corrected chi connectivity index (χ4v) is 2.46. The fraction of sp³-hybridized carbons (Fsp3) is 1.00. The molecular weight excluding hydrogens is 242 g/mol. The summed E-state index contributed by atoms with van der Waals surface area (Å²) < 4.78 is 5.46. The van der Waals surface area contributed by atoms with Crippen LogP contribution in [0.1, 0.15) is 32.6 Å². The van der Waals surface area contributed by atoms with Crippen LogP contribution in [-0.4, -0.2) is 42.6 Å². The van der Waals surface area contributed by atoms with E-state index >= 15 is 0 Å². The van der Waals surface area contributed by atoms with Crippen molar-refractivity contribution in [3.8, 4) is 0 Å². The largest absolute Gasteiger partial charge is 0.378 e. The maximum absolute atomic E-state index is 5.46. The maximum atomic E-state index is 5.46. The topological polar surface area (TPSA) is 12.5 Å². The van der Waals surface area contributed by atoms with Gasteiger partial charge in [-0.25, -0.2) is 0 Å². The highest BCUT2D eigenvalue weighted by Gasteiger charge is 2.20. The average Bonchev–Trinajstić information content (AvgIpc) is 2.25. The minimum atomic E-state index is 0.602. The Bertz CT molecular complexity index is 143. The second-order valence-electron chi connectivity index (χ2n) is 3.98. The zero-order valence-electron chi connectivity index (χ0n) is 9.17. The third-order valence-corrected chi connectivity index (χ3v) is 3.57. The fourth-order valence-electron chi connectivity index (χ4n) is 1.87. The molecule has 0 radical (unpaired) electrons. The van der Waals surface area contributed by atoms with E-state index in [0.29, 0.717) is 6.04 Å². The molecule has 3 heteroatoms. The Kier molecular flexibility index (Phi) is 6.82. The van der Waals surface area contributed by atoms with E-state index in [2.05, 4.69) is 27.8 Å². The van der Waals surface area contributed by atoms with Crippen molar-refractivity contribution >= 4 is 15.9 Å². The first-order valence-electron chi connectivity index (χ1n) is 5.76. The SMILES string of the molecule is CCCCCCN1CCOCC1CBr. The lowest BCUT2D eigenvalue weighted by Crippen LogP contribution is -2.46. The molecule has 1 aliphatic heterocycles. The van der Waals surface area contributed by atoms with Gasteiger partial charge in [0.05, 0.1) is 13.2 Å². The predicted molar refractivity (Wildman–Crippen MR) is 64.1 cm³/mol. The summed E-state index contributed by atoms with van der Waals surface area (Å²) in [5.41, 5.74) is 0. The summed E-state index contributed by atoms with van der Waals surface area (Å²) in [6.45, 7) is 6.44. The van der Waals surface area contributed by atoms with E-state index in [-0.39, 0.29) is 0 Å². The van der Waals surface area contributed by atoms with Crippen molar-refractivity contribution in [3.05, 3.63) is 0 Å². The van der Waals surface area contributed by atoms with Crippen LogP contribution in [0.15, 0.2) is 0 Å². The zero-order chi connectivity index (χ0) is 10.2. The molecule has 0 spiro atoms. The summed E-state index contributed by atoms with van der Waals surface area (Å²) in [7, 11) is 0. The van der Waals surface area contributed by atoms with Crippen molar-refractivity contribution in [2.45, 2.75) is 38.6 Å². The average molecular weight is 264 g/mol. The second kappa shape index (κ2) is 7.66. The predicted octanol–water partition coefficient (Wildman–Crippen LogP) is 2.66. The summed E-state index contributed by atoms with van der Waals surface area (Å²) in [4.78, 5) is 2.56. The van der Waals surface area contributed by atoms with Crippen LogP contribution in [0.2, 0.25) is 0 Å². The van der Waals surface area contributed by atoms with Crippen molar-refractivity contribution in [1.29, 1.82) is 0 Å². The first-order valence-corrected chi connectivity index (χ1v) is 6.88. The first-order chi connectivity index (χ1) is 6.88. The van der Waals surface area contributed by atoms with Gasteiger partial charge in [-0.1, -0.05) is 42.1 Å². The number of unbranched alkanes of at least 4 members (excludes halogenated alkanes) is 3. The van der Waals surface area contributed by atoms with Crippen LogP contribution in [0.5, 0.6) is 0 Å². The van der Waals surface area contributed by atoms with Crippen LogP contribution >= 0.6 is 15.9 Å². The number of rotatable bonds is 6. The highest BCUT2D eigenvalue weighted by atomic mass is 79.9. The number of hydrogen-bond acceptors (Lipinski definition) is 2. The number of halogens is 1. The Morgan fingerprint density at radius 2 is 2.21 bits per heavy atom. The standard InChI is InChI=1S/C11H22BrNO/c1-2-3-4-5-6-13-7-8-14-10-11(13)9-12/h11H,2-10H2,1H3. The quantitative estimate of drug-likeness (QED) is 0.540. The number of nitrogens with zero attached hydrogens (tertiary/aromatic N) is 1. The number of ether oxygens (including phenoxy) is 1. The molecule has 2 nitrogen and oxygen atoms in total. The van der Waals surface area contributed by atoms with E-state index in [1.54, 1.807) is 0 Å². The molecule has 0 amide bonds. The van der Waals surface area contributed by atoms with Gasteiger partial charge < -0.3 is 4.74 Å². The van der Waals surface area contributed by atoms with Crippen molar-refractivity contribution < 1.29 is 4.74 Å². The summed E-state index contributed by atoms with van der Waals surface area (Å²) in [5, 5.41) is 1.04. The Balaban J connectivity index is 2.13. The molecule has 1 rings (SSSR count). The third-order valence-electron chi connectivity index (χ3n) is 2.83. The maximum Gasteiger partial charge on any atom is 0.0630 e. The lowest BCUT2D eigenvalue weighted by molar-refractivity contribution is 0.00131. The molecule has 0 aromatic rings. The number of morpholine rings is 1. The first kappa shape index (κ1) is 12.5. The molecule has 1 aliphatic rings. The van der Waals surface area contributed by atoms with E-state index in [4.69, 9.17) is 4.74 Å². The summed E-state index contributed by atoms with van der Waals surface area (Å²) in [5.74, 6) is 0. The molecule has 1 heterocycles. The van der Waals surface area contributed by atoms with Crippen LogP contribution in [0, 0.1) is 0 Å². The minimum absolute atomic E-state index is 0.602. The zero-order valence-corrected chi connectivity index (χ0v) is 10.8. The Hall–Kier alpha value is 0.400. The monoisotopic (exact) mass is 263 g/mol. The van der Waals surface area contributed by atoms with Gasteiger partial charge in [0, 0.05) is 17.9 Å². The number of hydrogen-bond donors (Lipinski definition) is 0. The van der Waals surface area contributed by atoms with Gasteiger partial charge >= 0.3 is 0 Å². The molecule has 0 saturated carbocycles. The minimum Gasteiger partial charge on any atom is -0.378 e. The van der Waals surface area contributed by atoms with E-state index in [1.165, 1.54) is 32.2 Å². The molecule has 0 aromatic heterocycles. The molecule has 1 unspecified atom stereocenters. The van der Waals surface area contributed by atoms with Gasteiger partial charge in [-0.15, -0.1) is 0 Å². The smallest absolute Gasteiger partial charge is 0.0630 e. The van der Waals surface area contributed by atoms with Crippen molar-refractivity contribution in [1.82, 2.24) is 4.90 Å². The molecule has 0 bridgehead atoms. The van der Waals surface area contributed by atoms with Crippen LogP contribution in [-0.2, 0) is 4.74 Å². The van der Waals surface area contributed by atoms with Crippen molar-refractivity contribution in [3.63, 3.8) is 0 Å². The lowest BCUT2D eigenvalue weighted by atomic mass is 10.1. The lowest BCUT2D eigenvalue weighted by Gasteiger charge is -2.34. The van der Waals surface area contributed by atoms with Gasteiger partial charge in [0.25, 0.3) is 0 Å². The molecular formula is C11H22BrNO. The highest BCUT2D eigenvalue weighted by molar-refractivity contribution is 9.09. The molecule has 0 N–H and O–H groups in total. The second-order valence-corrected chi connectivity index (χ2v) is 4.63. The summed E-state index contributed by atoms with van der Waals surface area (Å²) in [6.07, 6.45) is 5.43. The van der Waals surface area contributed by atoms with Gasteiger partial charge in [-0.3, -0.25) is 4.90 Å². The number of alkyl halides is 1. The summed E-state index contributed by atoms with van der Waals surface area (Å²) in [6, 6.07) is 0.602. The van der Waals surface area contributed by atoms with E-state index in [1.807, 2.05) is 0 Å². The van der Waals surface area contributed by atoms with E-state index in [0.717, 1.165) is 25.1 Å². The van der Waals surface area contributed by atoms with Gasteiger partial charge in [0.1, 0.15) is 0 Å². The van der Waals surface area contributed by atoms with Crippen LogP contribution in [0.25, 0.3) is 0 Å². The normalized spacial score (nSPS) is 24.0. The highest BCUT2D eigenvalue weighted by Crippen LogP contribution is 2.11. The van der Waals surface area contributed by atoms with Crippen molar-refractivity contribution in [2.24, 2.45) is 0 Å². The van der Waals surface area contributed by atoms with Gasteiger partial charge in [-0.2, -0.15) is 0 Å². The van der Waals surface area contributed by atoms with Crippen LogP contribution in [0.3, 0.4) is 0 Å². The molecule has 1 atom stereocenters. The molecule has 0 aromatic carbocycles. The Morgan fingerprint density at radius 1 is 1.36 bits per heavy atom. The third kappa shape index (κ3) is 4.28. The van der Waals surface area contributed by atoms with Crippen molar-refractivity contribution in [2.75, 3.05) is 31.6 Å².